The maximum Gasteiger partial charge on any atom is 0.0939 e. The predicted octanol–water partition coefficient (Wildman–Crippen LogP) is 3.13. The van der Waals surface area contributed by atoms with Crippen molar-refractivity contribution in [2.45, 2.75) is 69.4 Å². The minimum Gasteiger partial charge on any atom is -0.378 e. The first-order valence-electron chi connectivity index (χ1n) is 9.30. The highest BCUT2D eigenvalue weighted by atomic mass is 16.6. The predicted molar refractivity (Wildman–Crippen MR) is 83.3 cm³/mol. The quantitative estimate of drug-likeness (QED) is 0.864. The fourth-order valence-electron chi connectivity index (χ4n) is 5.01. The molecule has 2 aliphatic carbocycles. The smallest absolute Gasteiger partial charge is 0.0939 e. The summed E-state index contributed by atoms with van der Waals surface area (Å²) >= 11 is 0. The zero-order valence-electron chi connectivity index (χ0n) is 13.3. The summed E-state index contributed by atoms with van der Waals surface area (Å²) < 4.78 is 11.8. The first-order valence-corrected chi connectivity index (χ1v) is 9.30. The summed E-state index contributed by atoms with van der Waals surface area (Å²) in [7, 11) is 0. The molecule has 1 N–H and O–H groups in total. The Morgan fingerprint density at radius 1 is 1.00 bits per heavy atom. The molecule has 0 aromatic heterocycles. The summed E-state index contributed by atoms with van der Waals surface area (Å²) in [6, 6.07) is 0.858. The average Bonchev–Trinajstić information content (AvgIpc) is 3.26. The Kier molecular flexibility index (Phi) is 4.25. The van der Waals surface area contributed by atoms with Crippen LogP contribution < -0.4 is 5.32 Å². The lowest BCUT2D eigenvalue weighted by Crippen LogP contribution is -2.45. The van der Waals surface area contributed by atoms with Gasteiger partial charge < -0.3 is 14.8 Å². The van der Waals surface area contributed by atoms with Crippen LogP contribution in [0.4, 0.5) is 0 Å². The monoisotopic (exact) mass is 293 g/mol. The van der Waals surface area contributed by atoms with Crippen LogP contribution in [0.25, 0.3) is 0 Å². The van der Waals surface area contributed by atoms with E-state index in [4.69, 9.17) is 9.47 Å². The van der Waals surface area contributed by atoms with E-state index < -0.39 is 0 Å². The van der Waals surface area contributed by atoms with E-state index in [1.54, 1.807) is 0 Å². The highest BCUT2D eigenvalue weighted by Crippen LogP contribution is 2.45. The van der Waals surface area contributed by atoms with Crippen molar-refractivity contribution in [3.8, 4) is 0 Å². The molecule has 0 amide bonds. The lowest BCUT2D eigenvalue weighted by atomic mass is 9.67. The van der Waals surface area contributed by atoms with Crippen molar-refractivity contribution in [1.29, 1.82) is 0 Å². The van der Waals surface area contributed by atoms with Crippen LogP contribution in [0.1, 0.15) is 57.8 Å². The summed E-state index contributed by atoms with van der Waals surface area (Å²) in [4.78, 5) is 0. The third-order valence-corrected chi connectivity index (χ3v) is 6.42. The van der Waals surface area contributed by atoms with Crippen LogP contribution in [0, 0.1) is 17.8 Å². The molecule has 0 radical (unpaired) electrons. The van der Waals surface area contributed by atoms with E-state index in [-0.39, 0.29) is 5.60 Å². The van der Waals surface area contributed by atoms with Crippen molar-refractivity contribution in [3.63, 3.8) is 0 Å². The van der Waals surface area contributed by atoms with Gasteiger partial charge in [-0.05, 0) is 62.8 Å². The second-order valence-corrected chi connectivity index (χ2v) is 7.98. The fourth-order valence-corrected chi connectivity index (χ4v) is 5.01. The lowest BCUT2D eigenvalue weighted by Gasteiger charge is -2.44. The molecule has 2 aliphatic heterocycles. The normalized spacial score (nSPS) is 44.3. The molecule has 4 rings (SSSR count). The van der Waals surface area contributed by atoms with Crippen LogP contribution in [0.15, 0.2) is 0 Å². The standard InChI is InChI=1S/C18H31NO2/c1-2-4-17(15(3-1)12-19-16-5-6-16)14-7-9-21-18(11-14)8-10-20-13-18/h14-17,19H,1-13H2. The third-order valence-electron chi connectivity index (χ3n) is 6.42. The molecule has 4 atom stereocenters. The van der Waals surface area contributed by atoms with Crippen molar-refractivity contribution in [2.75, 3.05) is 26.4 Å². The van der Waals surface area contributed by atoms with Crippen LogP contribution in [0.3, 0.4) is 0 Å². The Bertz CT molecular complexity index is 349. The molecule has 120 valence electrons. The Balaban J connectivity index is 1.39. The van der Waals surface area contributed by atoms with Crippen LogP contribution in [0.2, 0.25) is 0 Å². The van der Waals surface area contributed by atoms with Crippen LogP contribution >= 0.6 is 0 Å². The van der Waals surface area contributed by atoms with Gasteiger partial charge in [-0.15, -0.1) is 0 Å². The Morgan fingerprint density at radius 2 is 1.90 bits per heavy atom. The number of hydrogen-bond donors (Lipinski definition) is 1. The molecule has 1 spiro atoms. The lowest BCUT2D eigenvalue weighted by molar-refractivity contribution is -0.113. The molecule has 2 saturated heterocycles. The number of ether oxygens (including phenoxy) is 2. The van der Waals surface area contributed by atoms with E-state index in [0.29, 0.717) is 0 Å². The van der Waals surface area contributed by atoms with E-state index in [9.17, 15) is 0 Å². The third kappa shape index (κ3) is 3.30. The zero-order chi connectivity index (χ0) is 14.1. The Morgan fingerprint density at radius 3 is 2.71 bits per heavy atom. The number of rotatable bonds is 4. The molecular weight excluding hydrogens is 262 g/mol. The highest BCUT2D eigenvalue weighted by Gasteiger charge is 2.44. The fraction of sp³-hybridized carbons (Fsp3) is 1.00. The molecule has 0 aromatic rings. The van der Waals surface area contributed by atoms with Gasteiger partial charge in [0, 0.05) is 25.7 Å². The first-order chi connectivity index (χ1) is 10.3. The van der Waals surface area contributed by atoms with Gasteiger partial charge in [0.1, 0.15) is 0 Å². The summed E-state index contributed by atoms with van der Waals surface area (Å²) in [6.07, 6.45) is 12.3. The van der Waals surface area contributed by atoms with E-state index in [0.717, 1.165) is 50.0 Å². The molecule has 4 unspecified atom stereocenters. The summed E-state index contributed by atoms with van der Waals surface area (Å²) in [5, 5.41) is 3.80. The van der Waals surface area contributed by atoms with E-state index in [1.807, 2.05) is 0 Å². The van der Waals surface area contributed by atoms with Gasteiger partial charge in [0.15, 0.2) is 0 Å². The molecule has 4 fully saturated rings. The van der Waals surface area contributed by atoms with Crippen molar-refractivity contribution < 1.29 is 9.47 Å². The summed E-state index contributed by atoms with van der Waals surface area (Å²) in [5.41, 5.74) is 0.0921. The first kappa shape index (κ1) is 14.5. The minimum atomic E-state index is 0.0921. The molecule has 2 saturated carbocycles. The Labute approximate surface area is 129 Å². The topological polar surface area (TPSA) is 30.5 Å². The SMILES string of the molecule is C1CCC(C2CCOC3(CCOC3)C2)C(CNC2CC2)C1. The van der Waals surface area contributed by atoms with Gasteiger partial charge in [0.2, 0.25) is 0 Å². The number of nitrogens with one attached hydrogen (secondary N) is 1. The van der Waals surface area contributed by atoms with Gasteiger partial charge in [-0.1, -0.05) is 12.8 Å². The zero-order valence-corrected chi connectivity index (χ0v) is 13.3. The molecule has 0 bridgehead atoms. The second kappa shape index (κ2) is 6.17. The average molecular weight is 293 g/mol. The minimum absolute atomic E-state index is 0.0921. The Hall–Kier alpha value is -0.120. The van der Waals surface area contributed by atoms with Gasteiger partial charge in [-0.2, -0.15) is 0 Å². The second-order valence-electron chi connectivity index (χ2n) is 7.98. The highest BCUT2D eigenvalue weighted by molar-refractivity contribution is 4.94. The summed E-state index contributed by atoms with van der Waals surface area (Å²) in [6.45, 7) is 3.99. The molecule has 4 aliphatic rings. The van der Waals surface area contributed by atoms with Crippen molar-refractivity contribution in [3.05, 3.63) is 0 Å². The van der Waals surface area contributed by atoms with Gasteiger partial charge in [0.25, 0.3) is 0 Å². The molecule has 3 nitrogen and oxygen atoms in total. The van der Waals surface area contributed by atoms with Crippen LogP contribution in [-0.4, -0.2) is 38.0 Å². The molecule has 3 heteroatoms. The van der Waals surface area contributed by atoms with Crippen LogP contribution in [0.5, 0.6) is 0 Å². The maximum absolute atomic E-state index is 6.15. The van der Waals surface area contributed by atoms with E-state index in [1.165, 1.54) is 57.9 Å². The van der Waals surface area contributed by atoms with Crippen molar-refractivity contribution in [1.82, 2.24) is 5.32 Å². The van der Waals surface area contributed by atoms with Gasteiger partial charge in [-0.3, -0.25) is 0 Å². The summed E-state index contributed by atoms with van der Waals surface area (Å²) in [5.74, 6) is 2.74. The van der Waals surface area contributed by atoms with Gasteiger partial charge in [-0.25, -0.2) is 0 Å². The molecular formula is C18H31NO2. The van der Waals surface area contributed by atoms with E-state index in [2.05, 4.69) is 5.32 Å². The van der Waals surface area contributed by atoms with Gasteiger partial charge >= 0.3 is 0 Å². The molecule has 21 heavy (non-hydrogen) atoms. The van der Waals surface area contributed by atoms with E-state index >= 15 is 0 Å². The van der Waals surface area contributed by atoms with Crippen LogP contribution in [-0.2, 0) is 9.47 Å². The maximum atomic E-state index is 6.15. The van der Waals surface area contributed by atoms with Gasteiger partial charge in [0.05, 0.1) is 12.2 Å². The molecule has 0 aromatic carbocycles. The largest absolute Gasteiger partial charge is 0.378 e. The van der Waals surface area contributed by atoms with Crippen molar-refractivity contribution in [2.24, 2.45) is 17.8 Å². The molecule has 2 heterocycles. The number of hydrogen-bond acceptors (Lipinski definition) is 3. The van der Waals surface area contributed by atoms with Crippen molar-refractivity contribution >= 4 is 0 Å².